The van der Waals surface area contributed by atoms with E-state index in [4.69, 9.17) is 14.2 Å². The lowest BCUT2D eigenvalue weighted by molar-refractivity contribution is -0.923. The molecule has 2 aromatic rings. The number of benzene rings is 1. The highest BCUT2D eigenvalue weighted by molar-refractivity contribution is 7.16. The van der Waals surface area contributed by atoms with Crippen LogP contribution in [0.4, 0.5) is 16.4 Å². The molecule has 0 unspecified atom stereocenters. The van der Waals surface area contributed by atoms with Gasteiger partial charge in [-0.25, -0.2) is 0 Å². The van der Waals surface area contributed by atoms with E-state index < -0.39 is 0 Å². The number of ether oxygens (including phenoxy) is 3. The lowest BCUT2D eigenvalue weighted by atomic mass is 10.1. The predicted molar refractivity (Wildman–Crippen MR) is 183 cm³/mol. The topological polar surface area (TPSA) is 106 Å². The third-order valence-electron chi connectivity index (χ3n) is 8.69. The van der Waals surface area contributed by atoms with Crippen LogP contribution in [0.5, 0.6) is 0 Å². The molecule has 0 bridgehead atoms. The zero-order valence-corrected chi connectivity index (χ0v) is 29.4. The molecule has 10 nitrogen and oxygen atoms in total. The van der Waals surface area contributed by atoms with Crippen molar-refractivity contribution in [3.63, 3.8) is 0 Å². The van der Waals surface area contributed by atoms with Crippen LogP contribution >= 0.6 is 11.3 Å². The van der Waals surface area contributed by atoms with E-state index in [0.29, 0.717) is 53.1 Å². The molecule has 0 aliphatic carbocycles. The maximum atomic E-state index is 9.53. The number of nitrogens with zero attached hydrogens (tertiary/aromatic N) is 7. The van der Waals surface area contributed by atoms with Gasteiger partial charge < -0.3 is 28.5 Å². The van der Waals surface area contributed by atoms with E-state index in [1.54, 1.807) is 6.92 Å². The summed E-state index contributed by atoms with van der Waals surface area (Å²) in [7, 11) is 0. The highest BCUT2D eigenvalue weighted by Gasteiger charge is 2.20. The standard InChI is InChI=1S/C34H54N7O3S/c1-8-39(9-2)15-19-43-23-24-44-21-17-40(16-20-42-22-18-41(10-3,11-4)12-5)30-13-14-32(28(6)25-30)37-38-34-31(26-35)29(7)33(27-36)45-34/h13-14,25H,8-12,15-24H2,1-7H3/q+1/b38-37+. The van der Waals surface area contributed by atoms with E-state index in [1.165, 1.54) is 11.3 Å². The number of hydrogen-bond donors (Lipinski definition) is 0. The maximum absolute atomic E-state index is 9.53. The molecule has 45 heavy (non-hydrogen) atoms. The van der Waals surface area contributed by atoms with E-state index in [0.717, 1.165) is 87.9 Å². The largest absolute Gasteiger partial charge is 0.378 e. The summed E-state index contributed by atoms with van der Waals surface area (Å²) in [5, 5.41) is 28.1. The Morgan fingerprint density at radius 1 is 0.778 bits per heavy atom. The van der Waals surface area contributed by atoms with E-state index >= 15 is 0 Å². The van der Waals surface area contributed by atoms with Gasteiger partial charge in [-0.2, -0.15) is 10.5 Å². The molecule has 0 aliphatic heterocycles. The first-order valence-corrected chi connectivity index (χ1v) is 17.1. The van der Waals surface area contributed by atoms with Gasteiger partial charge in [0.2, 0.25) is 0 Å². The molecule has 0 amide bonds. The second kappa shape index (κ2) is 21.0. The molecule has 1 aromatic heterocycles. The minimum Gasteiger partial charge on any atom is -0.378 e. The number of quaternary nitrogens is 1. The number of nitriles is 2. The van der Waals surface area contributed by atoms with Gasteiger partial charge in [0.05, 0.1) is 70.5 Å². The number of aryl methyl sites for hydroxylation is 1. The first-order valence-electron chi connectivity index (χ1n) is 16.3. The summed E-state index contributed by atoms with van der Waals surface area (Å²) in [6.07, 6.45) is 0. The van der Waals surface area contributed by atoms with Gasteiger partial charge in [-0.1, -0.05) is 13.8 Å². The number of thiophene rings is 1. The minimum atomic E-state index is 0.405. The van der Waals surface area contributed by atoms with Crippen LogP contribution in [0, 0.1) is 36.5 Å². The number of likely N-dealkylation sites (N-methyl/N-ethyl adjacent to an activating group) is 2. The summed E-state index contributed by atoms with van der Waals surface area (Å²) in [6.45, 7) is 27.5. The van der Waals surface area contributed by atoms with Gasteiger partial charge in [0.15, 0.2) is 5.00 Å². The highest BCUT2D eigenvalue weighted by Crippen LogP contribution is 2.36. The Bertz CT molecular complexity index is 1250. The van der Waals surface area contributed by atoms with Crippen molar-refractivity contribution in [1.29, 1.82) is 10.5 Å². The summed E-state index contributed by atoms with van der Waals surface area (Å²) < 4.78 is 18.9. The van der Waals surface area contributed by atoms with E-state index in [9.17, 15) is 10.5 Å². The Labute approximate surface area is 275 Å². The number of anilines is 1. The molecule has 0 aliphatic rings. The van der Waals surface area contributed by atoms with E-state index in [1.807, 2.05) is 19.1 Å². The Hall–Kier alpha value is -2.90. The third kappa shape index (κ3) is 12.1. The van der Waals surface area contributed by atoms with Crippen molar-refractivity contribution in [2.24, 2.45) is 10.2 Å². The molecule has 0 N–H and O–H groups in total. The lowest BCUT2D eigenvalue weighted by Gasteiger charge is -2.35. The van der Waals surface area contributed by atoms with Gasteiger partial charge in [-0.3, -0.25) is 0 Å². The van der Waals surface area contributed by atoms with Crippen LogP contribution in [0.1, 0.15) is 56.2 Å². The van der Waals surface area contributed by atoms with E-state index in [2.05, 4.69) is 72.9 Å². The molecule has 0 spiro atoms. The molecule has 1 heterocycles. The minimum absolute atomic E-state index is 0.405. The molecule has 11 heteroatoms. The van der Waals surface area contributed by atoms with Gasteiger partial charge in [0.1, 0.15) is 23.6 Å². The molecule has 0 saturated heterocycles. The Kier molecular flexibility index (Phi) is 17.9. The molecule has 248 valence electrons. The second-order valence-electron chi connectivity index (χ2n) is 11.0. The van der Waals surface area contributed by atoms with E-state index in [-0.39, 0.29) is 0 Å². The third-order valence-corrected chi connectivity index (χ3v) is 9.77. The molecule has 2 rings (SSSR count). The Morgan fingerprint density at radius 2 is 1.38 bits per heavy atom. The van der Waals surface area contributed by atoms with Gasteiger partial charge >= 0.3 is 0 Å². The van der Waals surface area contributed by atoms with Gasteiger partial charge in [0, 0.05) is 25.3 Å². The summed E-state index contributed by atoms with van der Waals surface area (Å²) >= 11 is 1.19. The zero-order chi connectivity index (χ0) is 33.1. The van der Waals surface area contributed by atoms with Gasteiger partial charge in [0.25, 0.3) is 0 Å². The van der Waals surface area contributed by atoms with Crippen molar-refractivity contribution in [1.82, 2.24) is 4.90 Å². The Morgan fingerprint density at radius 3 is 1.91 bits per heavy atom. The first kappa shape index (κ1) is 38.3. The molecule has 0 saturated carbocycles. The summed E-state index contributed by atoms with van der Waals surface area (Å²) in [5.74, 6) is 0. The fraction of sp³-hybridized carbons (Fsp3) is 0.647. The second-order valence-corrected chi connectivity index (χ2v) is 12.0. The monoisotopic (exact) mass is 640 g/mol. The number of hydrogen-bond acceptors (Lipinski definition) is 10. The fourth-order valence-corrected chi connectivity index (χ4v) is 6.01. The van der Waals surface area contributed by atoms with Crippen LogP contribution in [-0.4, -0.2) is 108 Å². The first-order chi connectivity index (χ1) is 21.8. The maximum Gasteiger partial charge on any atom is 0.158 e. The van der Waals surface area contributed by atoms with Crippen LogP contribution in [0.3, 0.4) is 0 Å². The van der Waals surface area contributed by atoms with Crippen molar-refractivity contribution in [3.8, 4) is 12.1 Å². The predicted octanol–water partition coefficient (Wildman–Crippen LogP) is 6.60. The molecule has 0 radical (unpaired) electrons. The number of azo groups is 1. The molecular formula is C34H54N7O3S+. The summed E-state index contributed by atoms with van der Waals surface area (Å²) in [6, 6.07) is 10.4. The van der Waals surface area contributed by atoms with Gasteiger partial charge in [-0.05, 0) is 77.0 Å². The van der Waals surface area contributed by atoms with Crippen LogP contribution < -0.4 is 4.90 Å². The van der Waals surface area contributed by atoms with Gasteiger partial charge in [-0.15, -0.1) is 21.6 Å². The van der Waals surface area contributed by atoms with Crippen molar-refractivity contribution in [2.75, 3.05) is 103 Å². The average molecular weight is 641 g/mol. The fourth-order valence-electron chi connectivity index (χ4n) is 5.14. The molecular weight excluding hydrogens is 586 g/mol. The number of rotatable bonds is 23. The zero-order valence-electron chi connectivity index (χ0n) is 28.6. The highest BCUT2D eigenvalue weighted by atomic mass is 32.1. The van der Waals surface area contributed by atoms with Crippen LogP contribution in [0.2, 0.25) is 0 Å². The van der Waals surface area contributed by atoms with Crippen LogP contribution in [-0.2, 0) is 14.2 Å². The Balaban J connectivity index is 2.03. The van der Waals surface area contributed by atoms with Crippen LogP contribution in [0.15, 0.2) is 28.4 Å². The molecule has 0 fully saturated rings. The van der Waals surface area contributed by atoms with Crippen molar-refractivity contribution in [2.45, 2.75) is 48.5 Å². The normalized spacial score (nSPS) is 11.8. The van der Waals surface area contributed by atoms with Crippen molar-refractivity contribution in [3.05, 3.63) is 39.8 Å². The average Bonchev–Trinajstić information content (AvgIpc) is 3.38. The summed E-state index contributed by atoms with van der Waals surface area (Å²) in [4.78, 5) is 5.12. The smallest absolute Gasteiger partial charge is 0.158 e. The quantitative estimate of drug-likeness (QED) is 0.0766. The lowest BCUT2D eigenvalue weighted by Crippen LogP contribution is -2.49. The van der Waals surface area contributed by atoms with Crippen molar-refractivity contribution < 1.29 is 18.7 Å². The summed E-state index contributed by atoms with van der Waals surface area (Å²) in [5.41, 5.74) is 3.80. The SMILES string of the molecule is CCN(CC)CCOCCOCCN(CCOCC[N+](CC)(CC)CC)c1ccc(/N=N/c2sc(C#N)c(C)c2C#N)c(C)c1. The molecule has 1 aromatic carbocycles. The van der Waals surface area contributed by atoms with Crippen molar-refractivity contribution >= 4 is 27.7 Å². The van der Waals surface area contributed by atoms with Crippen LogP contribution in [0.25, 0.3) is 0 Å². The molecule has 0 atom stereocenters.